The Morgan fingerprint density at radius 1 is 1.32 bits per heavy atom. The number of aromatic carboxylic acids is 1. The van der Waals surface area contributed by atoms with Gasteiger partial charge in [0.1, 0.15) is 5.82 Å². The van der Waals surface area contributed by atoms with E-state index in [2.05, 4.69) is 20.9 Å². The monoisotopic (exact) mass is 325 g/mol. The fourth-order valence-corrected chi connectivity index (χ4v) is 3.41. The van der Waals surface area contributed by atoms with Gasteiger partial charge in [-0.2, -0.15) is 0 Å². The van der Waals surface area contributed by atoms with Crippen LogP contribution in [-0.2, 0) is 12.8 Å². The summed E-state index contributed by atoms with van der Waals surface area (Å²) in [5.74, 6) is -1.62. The van der Waals surface area contributed by atoms with E-state index in [1.807, 2.05) is 0 Å². The number of H-pyrrole nitrogens is 1. The molecule has 0 saturated carbocycles. The minimum atomic E-state index is -1.10. The average Bonchev–Trinajstić information content (AvgIpc) is 2.57. The number of hydrogen-bond donors (Lipinski definition) is 2. The second kappa shape index (κ2) is 4.63. The lowest BCUT2D eigenvalue weighted by atomic mass is 10.0. The van der Waals surface area contributed by atoms with Crippen LogP contribution < -0.4 is 0 Å². The number of carboxylic acid groups (broad SMARTS) is 1. The number of aromatic amines is 1. The first-order valence-electron chi connectivity index (χ1n) is 6.34. The van der Waals surface area contributed by atoms with Crippen molar-refractivity contribution in [3.63, 3.8) is 0 Å². The van der Waals surface area contributed by atoms with Crippen LogP contribution in [0.2, 0.25) is 0 Å². The summed E-state index contributed by atoms with van der Waals surface area (Å²) in [6, 6.07) is 1.07. The van der Waals surface area contributed by atoms with Gasteiger partial charge in [0.25, 0.3) is 0 Å². The van der Waals surface area contributed by atoms with E-state index in [9.17, 15) is 14.3 Å². The summed E-state index contributed by atoms with van der Waals surface area (Å²) in [5.41, 5.74) is 2.67. The Labute approximate surface area is 117 Å². The van der Waals surface area contributed by atoms with E-state index in [1.54, 1.807) is 0 Å². The summed E-state index contributed by atoms with van der Waals surface area (Å²) in [5, 5.41) is 9.92. The maximum Gasteiger partial charge on any atom is 0.337 e. The van der Waals surface area contributed by atoms with Crippen LogP contribution in [0.15, 0.2) is 10.5 Å². The number of fused-ring (bicyclic) bond motifs is 3. The number of benzene rings is 1. The number of nitrogens with one attached hydrogen (secondary N) is 1. The van der Waals surface area contributed by atoms with Gasteiger partial charge in [0.15, 0.2) is 0 Å². The third-order valence-corrected chi connectivity index (χ3v) is 4.52. The SMILES string of the molecule is O=C(O)c1cc(F)c(Br)c2c3c([nH]c12)CCCCC3. The highest BCUT2D eigenvalue weighted by molar-refractivity contribution is 9.10. The fourth-order valence-electron chi connectivity index (χ4n) is 2.85. The van der Waals surface area contributed by atoms with Gasteiger partial charge in [0.2, 0.25) is 0 Å². The smallest absolute Gasteiger partial charge is 0.337 e. The molecule has 0 radical (unpaired) electrons. The summed E-state index contributed by atoms with van der Waals surface area (Å²) >= 11 is 3.26. The third-order valence-electron chi connectivity index (χ3n) is 3.75. The van der Waals surface area contributed by atoms with Crippen molar-refractivity contribution in [2.75, 3.05) is 0 Å². The average molecular weight is 326 g/mol. The molecule has 100 valence electrons. The lowest BCUT2D eigenvalue weighted by Gasteiger charge is -2.04. The second-order valence-corrected chi connectivity index (χ2v) is 5.71. The van der Waals surface area contributed by atoms with Crippen LogP contribution in [0.25, 0.3) is 10.9 Å². The first-order valence-corrected chi connectivity index (χ1v) is 7.13. The zero-order chi connectivity index (χ0) is 13.6. The quantitative estimate of drug-likeness (QED) is 0.777. The standard InChI is InChI=1S/C14H13BrFNO2/c15-12-9(16)6-8(14(18)19)13-11(12)7-4-2-1-3-5-10(7)17-13/h6,17H,1-5H2,(H,18,19). The molecule has 0 saturated heterocycles. The topological polar surface area (TPSA) is 53.1 Å². The van der Waals surface area contributed by atoms with E-state index in [1.165, 1.54) is 0 Å². The van der Waals surface area contributed by atoms with Gasteiger partial charge in [0.05, 0.1) is 15.6 Å². The van der Waals surface area contributed by atoms with E-state index in [4.69, 9.17) is 0 Å². The van der Waals surface area contributed by atoms with Crippen LogP contribution in [0.3, 0.4) is 0 Å². The maximum absolute atomic E-state index is 13.9. The van der Waals surface area contributed by atoms with Crippen molar-refractivity contribution in [3.8, 4) is 0 Å². The van der Waals surface area contributed by atoms with Crippen molar-refractivity contribution in [2.24, 2.45) is 0 Å². The molecule has 0 atom stereocenters. The first kappa shape index (κ1) is 12.7. The van der Waals surface area contributed by atoms with Crippen molar-refractivity contribution in [1.82, 2.24) is 4.98 Å². The van der Waals surface area contributed by atoms with Gasteiger partial charge in [-0.05, 0) is 53.2 Å². The first-order chi connectivity index (χ1) is 9.09. The lowest BCUT2D eigenvalue weighted by molar-refractivity contribution is 0.0698. The molecule has 5 heteroatoms. The molecule has 2 aromatic rings. The van der Waals surface area contributed by atoms with E-state index < -0.39 is 11.8 Å². The van der Waals surface area contributed by atoms with Crippen molar-refractivity contribution in [1.29, 1.82) is 0 Å². The summed E-state index contributed by atoms with van der Waals surface area (Å²) in [6.45, 7) is 0. The van der Waals surface area contributed by atoms with Crippen LogP contribution >= 0.6 is 15.9 Å². The van der Waals surface area contributed by atoms with Gasteiger partial charge in [-0.1, -0.05) is 6.42 Å². The van der Waals surface area contributed by atoms with Crippen molar-refractivity contribution < 1.29 is 14.3 Å². The molecule has 0 spiro atoms. The van der Waals surface area contributed by atoms with Gasteiger partial charge in [-0.3, -0.25) is 0 Å². The Hall–Kier alpha value is -1.36. The molecule has 0 aliphatic heterocycles. The molecule has 3 rings (SSSR count). The highest BCUT2D eigenvalue weighted by Crippen LogP contribution is 2.36. The number of carbonyl (C=O) groups is 1. The Bertz CT molecular complexity index is 678. The molecule has 1 aromatic heterocycles. The van der Waals surface area contributed by atoms with Gasteiger partial charge in [-0.25, -0.2) is 9.18 Å². The Morgan fingerprint density at radius 3 is 2.79 bits per heavy atom. The molecular weight excluding hydrogens is 313 g/mol. The Kier molecular flexibility index (Phi) is 3.09. The Morgan fingerprint density at radius 2 is 2.05 bits per heavy atom. The molecular formula is C14H13BrFNO2. The summed E-state index contributed by atoms with van der Waals surface area (Å²) in [4.78, 5) is 14.5. The molecule has 0 bridgehead atoms. The van der Waals surface area contributed by atoms with Crippen LogP contribution in [0.1, 0.15) is 40.9 Å². The van der Waals surface area contributed by atoms with E-state index in [0.717, 1.165) is 49.4 Å². The predicted molar refractivity (Wildman–Crippen MR) is 74.2 cm³/mol. The minimum Gasteiger partial charge on any atom is -0.478 e. The van der Waals surface area contributed by atoms with Gasteiger partial charge in [0, 0.05) is 11.1 Å². The number of rotatable bonds is 1. The van der Waals surface area contributed by atoms with Gasteiger partial charge >= 0.3 is 5.97 Å². The molecule has 0 amide bonds. The number of carboxylic acids is 1. The summed E-state index contributed by atoms with van der Waals surface area (Å²) < 4.78 is 14.3. The molecule has 1 heterocycles. The highest BCUT2D eigenvalue weighted by atomic mass is 79.9. The fraction of sp³-hybridized carbons (Fsp3) is 0.357. The summed E-state index contributed by atoms with van der Waals surface area (Å²) in [7, 11) is 0. The van der Waals surface area contributed by atoms with E-state index >= 15 is 0 Å². The van der Waals surface area contributed by atoms with Gasteiger partial charge < -0.3 is 10.1 Å². The highest BCUT2D eigenvalue weighted by Gasteiger charge is 2.22. The number of aryl methyl sites for hydroxylation is 2. The predicted octanol–water partition coefficient (Wildman–Crippen LogP) is 4.04. The molecule has 0 unspecified atom stereocenters. The number of aromatic nitrogens is 1. The van der Waals surface area contributed by atoms with Crippen molar-refractivity contribution >= 4 is 32.8 Å². The van der Waals surface area contributed by atoms with E-state index in [-0.39, 0.29) is 5.56 Å². The number of hydrogen-bond acceptors (Lipinski definition) is 1. The van der Waals surface area contributed by atoms with Gasteiger partial charge in [-0.15, -0.1) is 0 Å². The molecule has 3 nitrogen and oxygen atoms in total. The zero-order valence-electron chi connectivity index (χ0n) is 10.2. The molecule has 19 heavy (non-hydrogen) atoms. The maximum atomic E-state index is 13.9. The van der Waals surface area contributed by atoms with Crippen LogP contribution in [-0.4, -0.2) is 16.1 Å². The molecule has 2 N–H and O–H groups in total. The van der Waals surface area contributed by atoms with Crippen LogP contribution in [0.4, 0.5) is 4.39 Å². The molecule has 1 aromatic carbocycles. The molecule has 1 aliphatic carbocycles. The summed E-state index contributed by atoms with van der Waals surface area (Å²) in [6.07, 6.45) is 5.07. The van der Waals surface area contributed by atoms with Crippen LogP contribution in [0, 0.1) is 5.82 Å². The van der Waals surface area contributed by atoms with E-state index in [0.29, 0.717) is 15.4 Å². The molecule has 0 fully saturated rings. The zero-order valence-corrected chi connectivity index (χ0v) is 11.8. The largest absolute Gasteiger partial charge is 0.478 e. The third kappa shape index (κ3) is 1.96. The van der Waals surface area contributed by atoms with Crippen LogP contribution in [0.5, 0.6) is 0 Å². The minimum absolute atomic E-state index is 0.00349. The Balaban J connectivity index is 2.38. The second-order valence-electron chi connectivity index (χ2n) is 4.92. The lowest BCUT2D eigenvalue weighted by Crippen LogP contribution is -1.99. The van der Waals surface area contributed by atoms with Crippen molar-refractivity contribution in [2.45, 2.75) is 32.1 Å². The van der Waals surface area contributed by atoms with Crippen molar-refractivity contribution in [3.05, 3.63) is 33.2 Å². The normalized spacial score (nSPS) is 15.3. The number of halogens is 2. The molecule has 1 aliphatic rings.